The highest BCUT2D eigenvalue weighted by molar-refractivity contribution is 5.59. The molecule has 26 nitrogen and oxygen atoms in total. The van der Waals surface area contributed by atoms with Gasteiger partial charge in [-0.05, 0) is 147 Å². The zero-order valence-electron chi connectivity index (χ0n) is 75.8. The van der Waals surface area contributed by atoms with Crippen molar-refractivity contribution < 1.29 is 30.3 Å². The Balaban J connectivity index is 0.000000134. The van der Waals surface area contributed by atoms with Crippen molar-refractivity contribution in [3.63, 3.8) is 0 Å². The molecule has 26 heteroatoms. The fourth-order valence-electron chi connectivity index (χ4n) is 17.3. The number of likely N-dealkylation sites (tertiary alicyclic amines) is 2. The molecule has 0 amide bonds. The van der Waals surface area contributed by atoms with Gasteiger partial charge >= 0.3 is 0 Å². The van der Waals surface area contributed by atoms with Crippen LogP contribution >= 0.6 is 0 Å². The van der Waals surface area contributed by atoms with E-state index in [9.17, 15) is 49.5 Å². The quantitative estimate of drug-likeness (QED) is 0.0356. The molecule has 0 radical (unpaired) electrons. The Morgan fingerprint density at radius 2 is 0.492 bits per heavy atom. The first kappa shape index (κ1) is 94.6. The number of aromatic hydroxyl groups is 5. The van der Waals surface area contributed by atoms with Gasteiger partial charge in [-0.2, -0.15) is 5.10 Å². The molecule has 688 valence electrons. The van der Waals surface area contributed by atoms with Gasteiger partial charge < -0.3 is 62.9 Å². The van der Waals surface area contributed by atoms with Crippen LogP contribution in [0.3, 0.4) is 0 Å². The van der Waals surface area contributed by atoms with Crippen LogP contribution in [-0.4, -0.2) is 200 Å². The number of anilines is 2. The Hall–Kier alpha value is -13.5. The van der Waals surface area contributed by atoms with E-state index in [-0.39, 0.29) is 56.5 Å². The second kappa shape index (κ2) is 47.9. The lowest BCUT2D eigenvalue weighted by Crippen LogP contribution is -2.46. The number of piperidine rings is 2. The predicted molar refractivity (Wildman–Crippen MR) is 520 cm³/mol. The van der Waals surface area contributed by atoms with Crippen molar-refractivity contribution in [3.05, 3.63) is 398 Å². The van der Waals surface area contributed by atoms with Crippen LogP contribution in [0, 0.1) is 6.92 Å². The van der Waals surface area contributed by atoms with Gasteiger partial charge in [0.1, 0.15) is 5.75 Å². The van der Waals surface area contributed by atoms with Crippen LogP contribution < -0.4 is 42.3 Å². The molecule has 13 aromatic rings. The van der Waals surface area contributed by atoms with Crippen molar-refractivity contribution in [2.75, 3.05) is 122 Å². The molecule has 0 atom stereocenters. The maximum atomic E-state index is 12.6. The number of nitrogens with zero attached hydrogens (tertiary/aromatic N) is 15. The molecule has 5 N–H and O–H groups in total. The lowest BCUT2D eigenvalue weighted by molar-refractivity contribution is 0.121. The standard InChI is InChI=1S/C24H27N3O3.C24H27N3O2.C22H25N5O2.2C18H22N2O2/c1-30-22-10-6-5-9-21(22)26-15-13-25(14-16-26)18-20-11-12-27(24(29)23(20)28)17-19-7-3-2-4-8-19;28-23-22(11-12-27(24(23)29)18-21-9-5-2-6-10-21)19-26-15-13-25(14-16-26)17-20-7-3-1-4-8-20;1-17-7-8-20(24-23-17)26-13-11-25(12-14-26)16-19-9-10-27(22(29)21(19)28)15-18-5-3-2-4-6-18;2*21-17-16(14-19-10-5-2-6-11-19)9-12-20(18(17)22)13-15-7-3-1-4-8-15/h2-12,28H,13-18H2,1H3;1-12,28H,13-19H2;2-10,28H,11-16H2,1H3;2*1,3-4,7-9,12,21H,2,5-6,10-11,13-14H2. The van der Waals surface area contributed by atoms with Crippen LogP contribution in [0.4, 0.5) is 11.5 Å². The molecule has 132 heavy (non-hydrogen) atoms. The second-order valence-corrected chi connectivity index (χ2v) is 34.5. The monoisotopic (exact) mass is 1780 g/mol. The van der Waals surface area contributed by atoms with Gasteiger partial charge in [0.05, 0.1) is 51.2 Å². The number of methoxy groups -OCH3 is 1. The minimum Gasteiger partial charge on any atom is -0.503 e. The molecule has 18 rings (SSSR count). The minimum atomic E-state index is -0.347. The van der Waals surface area contributed by atoms with Gasteiger partial charge in [-0.25, -0.2) is 0 Å². The second-order valence-electron chi connectivity index (χ2n) is 34.5. The third-order valence-corrected chi connectivity index (χ3v) is 25.0. The Bertz CT molecular complexity index is 5970. The largest absolute Gasteiger partial charge is 0.503 e. The summed E-state index contributed by atoms with van der Waals surface area (Å²) in [5, 5.41) is 60.2. The van der Waals surface area contributed by atoms with E-state index in [1.54, 1.807) is 60.9 Å². The Kier molecular flexibility index (Phi) is 34.3. The average Bonchev–Trinajstić information content (AvgIpc) is 0.829. The van der Waals surface area contributed by atoms with Crippen molar-refractivity contribution in [3.8, 4) is 34.5 Å². The normalized spacial score (nSPS) is 15.3. The first-order chi connectivity index (χ1) is 64.4. The van der Waals surface area contributed by atoms with E-state index in [2.05, 4.69) is 79.7 Å². The summed E-state index contributed by atoms with van der Waals surface area (Å²) < 4.78 is 13.3. The highest BCUT2D eigenvalue weighted by atomic mass is 16.5. The molecule has 0 spiro atoms. The number of para-hydroxylation sites is 2. The molecule has 5 aliphatic rings. The summed E-state index contributed by atoms with van der Waals surface area (Å²) in [6.45, 7) is 23.1. The van der Waals surface area contributed by atoms with Gasteiger partial charge in [0.2, 0.25) is 0 Å². The molecule has 7 aromatic carbocycles. The number of pyridine rings is 5. The summed E-state index contributed by atoms with van der Waals surface area (Å²) in [6, 6.07) is 80.8. The average molecular weight is 1780 g/mol. The molecule has 11 heterocycles. The lowest BCUT2D eigenvalue weighted by Gasteiger charge is -2.36. The number of aromatic nitrogens is 7. The zero-order valence-corrected chi connectivity index (χ0v) is 75.8. The highest BCUT2D eigenvalue weighted by Crippen LogP contribution is 2.30. The summed E-state index contributed by atoms with van der Waals surface area (Å²) in [5.41, 5.74) is 10.4. The summed E-state index contributed by atoms with van der Waals surface area (Å²) in [6.07, 6.45) is 16.3. The third-order valence-electron chi connectivity index (χ3n) is 25.0. The van der Waals surface area contributed by atoms with Crippen molar-refractivity contribution >= 4 is 11.5 Å². The number of benzene rings is 7. The summed E-state index contributed by atoms with van der Waals surface area (Å²) in [5.74, 6) is 1.12. The van der Waals surface area contributed by atoms with E-state index in [4.69, 9.17) is 4.74 Å². The summed E-state index contributed by atoms with van der Waals surface area (Å²) in [7, 11) is 1.69. The molecule has 0 unspecified atom stereocenters. The number of aryl methyl sites for hydroxylation is 1. The van der Waals surface area contributed by atoms with E-state index in [0.717, 1.165) is 173 Å². The van der Waals surface area contributed by atoms with Crippen LogP contribution in [0.5, 0.6) is 34.5 Å². The van der Waals surface area contributed by atoms with Crippen LogP contribution in [-0.2, 0) is 72.0 Å². The molecule has 0 bridgehead atoms. The molecule has 0 saturated carbocycles. The number of hydrogen-bond acceptors (Lipinski definition) is 21. The molecule has 5 fully saturated rings. The molecular formula is C106H123N15O11. The Morgan fingerprint density at radius 1 is 0.250 bits per heavy atom. The van der Waals surface area contributed by atoms with E-state index in [0.29, 0.717) is 82.1 Å². The van der Waals surface area contributed by atoms with E-state index in [1.165, 1.54) is 44.1 Å². The van der Waals surface area contributed by atoms with Crippen LogP contribution in [0.1, 0.15) is 105 Å². The number of hydrogen-bond donors (Lipinski definition) is 5. The third kappa shape index (κ3) is 26.9. The summed E-state index contributed by atoms with van der Waals surface area (Å²) >= 11 is 0. The van der Waals surface area contributed by atoms with Crippen LogP contribution in [0.2, 0.25) is 0 Å². The van der Waals surface area contributed by atoms with Gasteiger partial charge in [0.25, 0.3) is 27.8 Å². The molecule has 5 saturated heterocycles. The number of rotatable bonds is 25. The van der Waals surface area contributed by atoms with Crippen molar-refractivity contribution in [1.82, 2.24) is 62.4 Å². The van der Waals surface area contributed by atoms with Crippen molar-refractivity contribution in [2.45, 2.75) is 117 Å². The van der Waals surface area contributed by atoms with E-state index >= 15 is 0 Å². The Morgan fingerprint density at radius 3 is 0.765 bits per heavy atom. The fraction of sp³-hybridized carbons (Fsp3) is 0.330. The van der Waals surface area contributed by atoms with Gasteiger partial charge in [0.15, 0.2) is 34.6 Å². The fourth-order valence-corrected chi connectivity index (χ4v) is 17.3. The molecule has 0 aliphatic carbocycles. The Labute approximate surface area is 771 Å². The smallest absolute Gasteiger partial charge is 0.293 e. The maximum absolute atomic E-state index is 12.6. The highest BCUT2D eigenvalue weighted by Gasteiger charge is 2.26. The van der Waals surface area contributed by atoms with E-state index < -0.39 is 0 Å². The SMILES string of the molecule is COc1ccccc1N1CCN(Cc2ccn(Cc3ccccc3)c(=O)c2O)CC1.Cc1ccc(N2CCN(Cc3ccn(Cc4ccccc4)c(=O)c3O)CC2)nn1.O=c1c(O)c(CN2CCCCC2)ccn1Cc1ccccc1.O=c1c(O)c(CN2CCCCC2)ccn1Cc1ccccc1.O=c1c(O)c(CN2CCN(Cc3ccccc3)CC2)ccn1Cc1ccccc1. The van der Waals surface area contributed by atoms with Gasteiger partial charge in [0, 0.05) is 177 Å². The van der Waals surface area contributed by atoms with Crippen LogP contribution in [0.15, 0.2) is 304 Å². The predicted octanol–water partition coefficient (Wildman–Crippen LogP) is 13.1. The maximum Gasteiger partial charge on any atom is 0.293 e. The van der Waals surface area contributed by atoms with Gasteiger partial charge in [-0.3, -0.25) is 53.4 Å². The van der Waals surface area contributed by atoms with E-state index in [1.807, 2.05) is 225 Å². The number of ether oxygens (including phenoxy) is 1. The lowest BCUT2D eigenvalue weighted by atomic mass is 10.1. The first-order valence-electron chi connectivity index (χ1n) is 46.0. The van der Waals surface area contributed by atoms with Gasteiger partial charge in [-0.15, -0.1) is 5.10 Å². The minimum absolute atomic E-state index is 0.107. The van der Waals surface area contributed by atoms with Crippen molar-refractivity contribution in [2.24, 2.45) is 0 Å². The molecule has 6 aromatic heterocycles. The van der Waals surface area contributed by atoms with Crippen molar-refractivity contribution in [1.29, 1.82) is 0 Å². The van der Waals surface area contributed by atoms with Crippen LogP contribution in [0.25, 0.3) is 0 Å². The molecular weight excluding hydrogens is 1660 g/mol. The first-order valence-corrected chi connectivity index (χ1v) is 46.0. The topological polar surface area (TPSA) is 272 Å². The molecule has 5 aliphatic heterocycles. The zero-order chi connectivity index (χ0) is 91.9. The van der Waals surface area contributed by atoms with Gasteiger partial charge in [-0.1, -0.05) is 207 Å². The summed E-state index contributed by atoms with van der Waals surface area (Å²) in [4.78, 5) is 80.8. The number of piperazine rings is 3.